The van der Waals surface area contributed by atoms with E-state index in [1.807, 2.05) is 5.32 Å². The van der Waals surface area contributed by atoms with Gasteiger partial charge in [0.25, 0.3) is 11.8 Å². The zero-order valence-corrected chi connectivity index (χ0v) is 25.9. The molecule has 268 valence electrons. The summed E-state index contributed by atoms with van der Waals surface area (Å²) in [5.41, 5.74) is 4.80. The molecule has 3 amide bonds. The first-order chi connectivity index (χ1) is 21.9. The Morgan fingerprint density at radius 3 is 1.89 bits per heavy atom. The molecule has 2 aliphatic rings. The predicted molar refractivity (Wildman–Crippen MR) is 148 cm³/mol. The van der Waals surface area contributed by atoms with Crippen molar-refractivity contribution in [3.05, 3.63) is 0 Å². The fourth-order valence-electron chi connectivity index (χ4n) is 4.18. The van der Waals surface area contributed by atoms with Crippen LogP contribution in [0.4, 0.5) is 0 Å². The van der Waals surface area contributed by atoms with Crippen molar-refractivity contribution in [1.29, 1.82) is 0 Å². The summed E-state index contributed by atoms with van der Waals surface area (Å²) in [6.07, 6.45) is -14.9. The Labute approximate surface area is 267 Å². The van der Waals surface area contributed by atoms with E-state index in [9.17, 15) is 59.1 Å². The summed E-state index contributed by atoms with van der Waals surface area (Å²) in [6.45, 7) is 3.28. The summed E-state index contributed by atoms with van der Waals surface area (Å²) in [5, 5.41) is 52.5. The molecule has 2 rings (SSSR count). The zero-order chi connectivity index (χ0) is 36.0. The monoisotopic (exact) mass is 683 g/mol. The molecular formula is C26H41N3O18. The van der Waals surface area contributed by atoms with Crippen LogP contribution >= 0.6 is 0 Å². The molecule has 2 heterocycles. The number of primary amides is 1. The van der Waals surface area contributed by atoms with E-state index in [1.165, 1.54) is 0 Å². The van der Waals surface area contributed by atoms with Gasteiger partial charge >= 0.3 is 23.9 Å². The molecule has 0 bridgehead atoms. The van der Waals surface area contributed by atoms with Crippen molar-refractivity contribution in [3.63, 3.8) is 0 Å². The molecule has 2 aliphatic heterocycles. The molecule has 0 aliphatic carbocycles. The number of esters is 4. The number of carbonyl (C=O) groups excluding carboxylic acids is 7. The maximum absolute atomic E-state index is 12.4. The van der Waals surface area contributed by atoms with Gasteiger partial charge in [-0.25, -0.2) is 0 Å². The highest BCUT2D eigenvalue weighted by atomic mass is 16.6. The Balaban J connectivity index is 0.000000524. The van der Waals surface area contributed by atoms with Gasteiger partial charge in [0.15, 0.2) is 18.3 Å². The molecule has 2 saturated heterocycles. The first kappa shape index (κ1) is 41.0. The number of hydrogen-bond acceptors (Lipinski definition) is 18. The van der Waals surface area contributed by atoms with Crippen LogP contribution in [0.1, 0.15) is 27.7 Å². The number of amides is 3. The summed E-state index contributed by atoms with van der Waals surface area (Å²) in [7, 11) is 0. The van der Waals surface area contributed by atoms with Gasteiger partial charge in [-0.05, 0) is 6.92 Å². The molecule has 0 aromatic carbocycles. The molecule has 0 aromatic heterocycles. The van der Waals surface area contributed by atoms with Gasteiger partial charge in [0.2, 0.25) is 12.0 Å². The Kier molecular flexibility index (Phi) is 17.1. The number of hydrogen-bond donors (Lipinski definition) is 8. The third kappa shape index (κ3) is 13.3. The predicted octanol–water partition coefficient (Wildman–Crippen LogP) is -6.35. The number of aliphatic hydroxyl groups is 5. The van der Waals surface area contributed by atoms with Crippen LogP contribution in [-0.2, 0) is 62.0 Å². The second-order valence-electron chi connectivity index (χ2n) is 10.0. The Hall–Kier alpha value is -3.99. The molecule has 9 N–H and O–H groups in total. The molecule has 21 heteroatoms. The number of rotatable bonds is 12. The quantitative estimate of drug-likeness (QED) is 0.0700. The van der Waals surface area contributed by atoms with E-state index in [0.29, 0.717) is 0 Å². The second-order valence-corrected chi connectivity index (χ2v) is 10.0. The maximum Gasteiger partial charge on any atom is 0.325 e. The molecule has 21 nitrogen and oxygen atoms in total. The molecule has 0 saturated carbocycles. The lowest BCUT2D eigenvalue weighted by atomic mass is 9.95. The second kappa shape index (κ2) is 19.6. The molecule has 0 spiro atoms. The van der Waals surface area contributed by atoms with Gasteiger partial charge in [-0.2, -0.15) is 0 Å². The SMILES string of the molecule is CCOC(=O)CNC(=O)C(OC(C)=O)C1OC[C@@H](OC(C)=O)[C@H](OC(C)=O)[C@H]1O.NC(=O)CNC(=O)C(O)C1OC[C@@H](O)[C@H](O)[C@H]1O. The van der Waals surface area contributed by atoms with Gasteiger partial charge in [0, 0.05) is 20.8 Å². The van der Waals surface area contributed by atoms with E-state index in [4.69, 9.17) is 29.4 Å². The number of carbonyl (C=O) groups is 7. The van der Waals surface area contributed by atoms with Crippen molar-refractivity contribution < 1.29 is 87.5 Å². The van der Waals surface area contributed by atoms with Crippen LogP contribution in [-0.4, -0.2) is 161 Å². The average Bonchev–Trinajstić information content (AvgIpc) is 2.98. The first-order valence-corrected chi connectivity index (χ1v) is 14.1. The van der Waals surface area contributed by atoms with Gasteiger partial charge in [-0.15, -0.1) is 0 Å². The first-order valence-electron chi connectivity index (χ1n) is 14.1. The van der Waals surface area contributed by atoms with Crippen molar-refractivity contribution in [2.24, 2.45) is 5.73 Å². The minimum atomic E-state index is -1.79. The summed E-state index contributed by atoms with van der Waals surface area (Å²) in [6, 6.07) is 0. The number of nitrogens with two attached hydrogens (primary N) is 1. The minimum absolute atomic E-state index is 0.105. The van der Waals surface area contributed by atoms with Crippen LogP contribution < -0.4 is 16.4 Å². The smallest absolute Gasteiger partial charge is 0.325 e. The lowest BCUT2D eigenvalue weighted by Gasteiger charge is -2.40. The fourth-order valence-corrected chi connectivity index (χ4v) is 4.18. The summed E-state index contributed by atoms with van der Waals surface area (Å²) in [4.78, 5) is 79.7. The fraction of sp³-hybridized carbons (Fsp3) is 0.731. The third-order valence-electron chi connectivity index (χ3n) is 6.23. The van der Waals surface area contributed by atoms with E-state index >= 15 is 0 Å². The van der Waals surface area contributed by atoms with Crippen LogP contribution in [0.3, 0.4) is 0 Å². The molecule has 4 unspecified atom stereocenters. The van der Waals surface area contributed by atoms with Gasteiger partial charge in [-0.3, -0.25) is 33.6 Å². The molecule has 2 fully saturated rings. The molecule has 0 aromatic rings. The zero-order valence-electron chi connectivity index (χ0n) is 25.9. The highest BCUT2D eigenvalue weighted by Crippen LogP contribution is 2.25. The number of aliphatic hydroxyl groups excluding tert-OH is 5. The molecule has 10 atom stereocenters. The Morgan fingerprint density at radius 2 is 1.36 bits per heavy atom. The van der Waals surface area contributed by atoms with E-state index < -0.39 is 116 Å². The van der Waals surface area contributed by atoms with Crippen molar-refractivity contribution in [3.8, 4) is 0 Å². The van der Waals surface area contributed by atoms with Gasteiger partial charge in [0.1, 0.15) is 43.2 Å². The molecule has 47 heavy (non-hydrogen) atoms. The topological polar surface area (TPSA) is 326 Å². The van der Waals surface area contributed by atoms with E-state index in [0.717, 1.165) is 20.8 Å². The lowest BCUT2D eigenvalue weighted by molar-refractivity contribution is -0.233. The lowest BCUT2D eigenvalue weighted by Crippen LogP contribution is -2.62. The summed E-state index contributed by atoms with van der Waals surface area (Å²) < 4.78 is 29.9. The number of nitrogens with one attached hydrogen (secondary N) is 2. The largest absolute Gasteiger partial charge is 0.465 e. The maximum atomic E-state index is 12.4. The minimum Gasteiger partial charge on any atom is -0.465 e. The Bertz CT molecular complexity index is 1120. The van der Waals surface area contributed by atoms with E-state index in [2.05, 4.69) is 10.1 Å². The number of ether oxygens (including phenoxy) is 6. The standard InChI is InChI=1S/C17H25NO11.C9H16N2O7/c1-5-25-12(22)6-18-17(24)16(29-10(4)21)15-13(23)14(28-9(3)20)11(7-26-15)27-8(2)19;10-4(13)1-11-9(17)7(16)8-6(15)5(14)3(12)2-18-8/h11,13-16,23H,5-7H2,1-4H3,(H,18,24);3,5-8,12,14-16H,1-2H2,(H2,10,13)(H,11,17)/t11-,13-,14+,15?,16?;3-,5+,6-,7?,8?/m11/s1. The van der Waals surface area contributed by atoms with Crippen LogP contribution in [0, 0.1) is 0 Å². The van der Waals surface area contributed by atoms with E-state index in [-0.39, 0.29) is 19.8 Å². The van der Waals surface area contributed by atoms with Crippen LogP contribution in [0.2, 0.25) is 0 Å². The molecular weight excluding hydrogens is 642 g/mol. The Morgan fingerprint density at radius 1 is 0.787 bits per heavy atom. The van der Waals surface area contributed by atoms with E-state index in [1.54, 1.807) is 6.92 Å². The average molecular weight is 684 g/mol. The summed E-state index contributed by atoms with van der Waals surface area (Å²) in [5.74, 6) is -5.77. The van der Waals surface area contributed by atoms with Crippen molar-refractivity contribution in [2.45, 2.75) is 88.7 Å². The van der Waals surface area contributed by atoms with Crippen LogP contribution in [0.5, 0.6) is 0 Å². The molecule has 0 radical (unpaired) electrons. The van der Waals surface area contributed by atoms with Crippen molar-refractivity contribution in [2.75, 3.05) is 32.9 Å². The van der Waals surface area contributed by atoms with Crippen LogP contribution in [0.25, 0.3) is 0 Å². The van der Waals surface area contributed by atoms with Gasteiger partial charge in [-0.1, -0.05) is 0 Å². The van der Waals surface area contributed by atoms with Crippen molar-refractivity contribution >= 4 is 41.6 Å². The van der Waals surface area contributed by atoms with Crippen LogP contribution in [0.15, 0.2) is 0 Å². The highest BCUT2D eigenvalue weighted by molar-refractivity contribution is 5.87. The van der Waals surface area contributed by atoms with Gasteiger partial charge in [0.05, 0.1) is 26.4 Å². The van der Waals surface area contributed by atoms with Crippen molar-refractivity contribution in [1.82, 2.24) is 10.6 Å². The van der Waals surface area contributed by atoms with Gasteiger partial charge < -0.3 is 70.3 Å². The highest BCUT2D eigenvalue weighted by Gasteiger charge is 2.50. The summed E-state index contributed by atoms with van der Waals surface area (Å²) >= 11 is 0. The third-order valence-corrected chi connectivity index (χ3v) is 6.23. The normalized spacial score (nSPS) is 28.1.